The lowest BCUT2D eigenvalue weighted by Crippen LogP contribution is -2.25. The van der Waals surface area contributed by atoms with Crippen LogP contribution in [0.1, 0.15) is 22.3 Å². The van der Waals surface area contributed by atoms with Gasteiger partial charge in [-0.15, -0.1) is 0 Å². The first-order valence-corrected chi connectivity index (χ1v) is 22.7. The lowest BCUT2D eigenvalue weighted by Gasteiger charge is -2.30. The summed E-state index contributed by atoms with van der Waals surface area (Å²) in [5.41, 5.74) is 19.3. The normalized spacial score (nSPS) is 12.6. The molecule has 0 fully saturated rings. The number of rotatable bonds is 7. The second kappa shape index (κ2) is 15.7. The van der Waals surface area contributed by atoms with E-state index in [1.807, 2.05) is 66.7 Å². The number of hydrogen-bond acceptors (Lipinski definition) is 5. The van der Waals surface area contributed by atoms with Crippen LogP contribution in [0.3, 0.4) is 0 Å². The van der Waals surface area contributed by atoms with E-state index in [0.29, 0.717) is 23.3 Å². The smallest absolute Gasteiger partial charge is 0.164 e. The van der Waals surface area contributed by atoms with Gasteiger partial charge in [-0.05, 0) is 79.9 Å². The van der Waals surface area contributed by atoms with Crippen LogP contribution in [-0.2, 0) is 5.41 Å². The van der Waals surface area contributed by atoms with Crippen LogP contribution in [0, 0.1) is 0 Å². The number of fused-ring (bicyclic) bond motifs is 10. The summed E-state index contributed by atoms with van der Waals surface area (Å²) < 4.78 is 0. The van der Waals surface area contributed by atoms with Crippen molar-refractivity contribution in [1.29, 1.82) is 0 Å². The highest BCUT2D eigenvalue weighted by molar-refractivity contribution is 5.96. The van der Waals surface area contributed by atoms with Gasteiger partial charge in [0.05, 0.1) is 16.8 Å². The molecule has 2 aliphatic rings. The van der Waals surface area contributed by atoms with Crippen LogP contribution in [0.25, 0.3) is 101 Å². The molecule has 9 aromatic carbocycles. The van der Waals surface area contributed by atoms with Crippen molar-refractivity contribution < 1.29 is 0 Å². The fourth-order valence-corrected chi connectivity index (χ4v) is 10.3. The Labute approximate surface area is 388 Å². The van der Waals surface area contributed by atoms with Gasteiger partial charge in [0.25, 0.3) is 0 Å². The standard InChI is InChI=1S/C62H39N5/c1-4-18-40(19-5-1)56-39-57(45-26-16-24-43(36-45)44-25-17-27-46(37-44)61-66-58(41-20-6-2-7-21-41)65-59(67-61)42-22-8-3-9-23-42)64-60(63-56)47-34-35-51-50-30-12-15-33-54(50)62(55(51)38-47)52-31-13-10-28-48(52)49-29-11-14-32-53(49)62/h1-39H. The van der Waals surface area contributed by atoms with E-state index in [9.17, 15) is 0 Å². The van der Waals surface area contributed by atoms with Gasteiger partial charge in [-0.1, -0.05) is 212 Å². The van der Waals surface area contributed by atoms with Crippen LogP contribution in [0.4, 0.5) is 0 Å². The zero-order valence-electron chi connectivity index (χ0n) is 36.3. The summed E-state index contributed by atoms with van der Waals surface area (Å²) in [5, 5.41) is 0. The molecule has 5 heteroatoms. The molecule has 0 N–H and O–H groups in total. The summed E-state index contributed by atoms with van der Waals surface area (Å²) in [6, 6.07) is 83.3. The summed E-state index contributed by atoms with van der Waals surface area (Å²) in [6.45, 7) is 0. The van der Waals surface area contributed by atoms with Crippen molar-refractivity contribution in [2.75, 3.05) is 0 Å². The molecule has 0 saturated heterocycles. The Morgan fingerprint density at radius 1 is 0.209 bits per heavy atom. The molecular formula is C62H39N5. The zero-order valence-corrected chi connectivity index (χ0v) is 36.3. The predicted octanol–water partition coefficient (Wildman–Crippen LogP) is 14.7. The number of hydrogen-bond donors (Lipinski definition) is 0. The summed E-state index contributed by atoms with van der Waals surface area (Å²) in [6.07, 6.45) is 0. The molecular weight excluding hydrogens is 815 g/mol. The average Bonchev–Trinajstić information content (AvgIpc) is 3.88. The molecule has 5 nitrogen and oxygen atoms in total. The van der Waals surface area contributed by atoms with E-state index in [1.165, 1.54) is 44.5 Å². The van der Waals surface area contributed by atoms with Gasteiger partial charge in [-0.2, -0.15) is 0 Å². The van der Waals surface area contributed by atoms with Gasteiger partial charge >= 0.3 is 0 Å². The fourth-order valence-electron chi connectivity index (χ4n) is 10.3. The average molecular weight is 854 g/mol. The van der Waals surface area contributed by atoms with E-state index in [4.69, 9.17) is 24.9 Å². The Hall–Kier alpha value is -8.93. The molecule has 1 spiro atoms. The minimum absolute atomic E-state index is 0.467. The third-order valence-electron chi connectivity index (χ3n) is 13.4. The first-order valence-electron chi connectivity index (χ1n) is 22.7. The molecule has 0 unspecified atom stereocenters. The minimum atomic E-state index is -0.467. The van der Waals surface area contributed by atoms with Crippen LogP contribution in [0.15, 0.2) is 237 Å². The molecule has 0 amide bonds. The van der Waals surface area contributed by atoms with Crippen LogP contribution >= 0.6 is 0 Å². The largest absolute Gasteiger partial charge is 0.228 e. The van der Waals surface area contributed by atoms with Crippen molar-refractivity contribution in [1.82, 2.24) is 24.9 Å². The SMILES string of the molecule is c1ccc(-c2cc(-c3cccc(-c4cccc(-c5nc(-c6ccccc6)nc(-c6ccccc6)n5)c4)c3)nc(-c3ccc4c(c3)C3(c5ccccc5-c5ccccc53)c3ccccc3-4)n2)cc1. The molecule has 0 aliphatic heterocycles. The molecule has 2 aliphatic carbocycles. The van der Waals surface area contributed by atoms with Gasteiger partial charge < -0.3 is 0 Å². The van der Waals surface area contributed by atoms with Gasteiger partial charge in [0.2, 0.25) is 0 Å². The molecule has 11 aromatic rings. The molecule has 0 radical (unpaired) electrons. The van der Waals surface area contributed by atoms with E-state index in [0.717, 1.165) is 55.9 Å². The third-order valence-corrected chi connectivity index (χ3v) is 13.4. The maximum Gasteiger partial charge on any atom is 0.164 e. The highest BCUT2D eigenvalue weighted by Crippen LogP contribution is 2.63. The van der Waals surface area contributed by atoms with Crippen molar-refractivity contribution in [2.45, 2.75) is 5.41 Å². The lowest BCUT2D eigenvalue weighted by atomic mass is 9.70. The van der Waals surface area contributed by atoms with Crippen LogP contribution in [0.2, 0.25) is 0 Å². The second-order valence-electron chi connectivity index (χ2n) is 17.2. The van der Waals surface area contributed by atoms with E-state index in [2.05, 4.69) is 170 Å². The van der Waals surface area contributed by atoms with Crippen molar-refractivity contribution in [3.8, 4) is 101 Å². The lowest BCUT2D eigenvalue weighted by molar-refractivity contribution is 0.794. The highest BCUT2D eigenvalue weighted by Gasteiger charge is 2.51. The minimum Gasteiger partial charge on any atom is -0.228 e. The Morgan fingerprint density at radius 3 is 1.10 bits per heavy atom. The van der Waals surface area contributed by atoms with Crippen molar-refractivity contribution in [3.63, 3.8) is 0 Å². The molecule has 67 heavy (non-hydrogen) atoms. The van der Waals surface area contributed by atoms with Crippen LogP contribution < -0.4 is 0 Å². The summed E-state index contributed by atoms with van der Waals surface area (Å²) in [7, 11) is 0. The van der Waals surface area contributed by atoms with Crippen LogP contribution in [-0.4, -0.2) is 24.9 Å². The topological polar surface area (TPSA) is 64.5 Å². The summed E-state index contributed by atoms with van der Waals surface area (Å²) in [4.78, 5) is 25.7. The second-order valence-corrected chi connectivity index (χ2v) is 17.2. The number of benzene rings is 9. The van der Waals surface area contributed by atoms with Gasteiger partial charge in [-0.3, -0.25) is 0 Å². The quantitative estimate of drug-likeness (QED) is 0.160. The van der Waals surface area contributed by atoms with Gasteiger partial charge in [0, 0.05) is 33.4 Å². The molecule has 312 valence electrons. The summed E-state index contributed by atoms with van der Waals surface area (Å²) >= 11 is 0. The Morgan fingerprint density at radius 2 is 0.567 bits per heavy atom. The van der Waals surface area contributed by atoms with Crippen LogP contribution in [0.5, 0.6) is 0 Å². The predicted molar refractivity (Wildman–Crippen MR) is 270 cm³/mol. The molecule has 2 aromatic heterocycles. The molecule has 0 bridgehead atoms. The summed E-state index contributed by atoms with van der Waals surface area (Å²) in [5.74, 6) is 2.55. The van der Waals surface area contributed by atoms with E-state index in [1.54, 1.807) is 0 Å². The van der Waals surface area contributed by atoms with Crippen molar-refractivity contribution in [3.05, 3.63) is 259 Å². The van der Waals surface area contributed by atoms with E-state index in [-0.39, 0.29) is 0 Å². The molecule has 0 saturated carbocycles. The van der Waals surface area contributed by atoms with Crippen molar-refractivity contribution >= 4 is 0 Å². The van der Waals surface area contributed by atoms with E-state index < -0.39 is 5.41 Å². The van der Waals surface area contributed by atoms with Gasteiger partial charge in [-0.25, -0.2) is 24.9 Å². The fraction of sp³-hybridized carbons (Fsp3) is 0.0161. The first-order chi connectivity index (χ1) is 33.2. The maximum atomic E-state index is 5.42. The highest BCUT2D eigenvalue weighted by atomic mass is 15.0. The Bertz CT molecular complexity index is 3580. The monoisotopic (exact) mass is 853 g/mol. The Kier molecular flexibility index (Phi) is 9.00. The molecule has 13 rings (SSSR count). The Balaban J connectivity index is 0.934. The molecule has 0 atom stereocenters. The van der Waals surface area contributed by atoms with Crippen molar-refractivity contribution in [2.24, 2.45) is 0 Å². The zero-order chi connectivity index (χ0) is 44.3. The number of nitrogens with zero attached hydrogens (tertiary/aromatic N) is 5. The first kappa shape index (κ1) is 38.5. The van der Waals surface area contributed by atoms with Gasteiger partial charge in [0.15, 0.2) is 23.3 Å². The molecule has 2 heterocycles. The third kappa shape index (κ3) is 6.35. The number of aromatic nitrogens is 5. The van der Waals surface area contributed by atoms with E-state index >= 15 is 0 Å². The van der Waals surface area contributed by atoms with Gasteiger partial charge in [0.1, 0.15) is 0 Å². The maximum absolute atomic E-state index is 5.42.